The van der Waals surface area contributed by atoms with Crippen LogP contribution < -0.4 is 5.73 Å². The highest BCUT2D eigenvalue weighted by Crippen LogP contribution is 2.24. The summed E-state index contributed by atoms with van der Waals surface area (Å²) in [7, 11) is 0. The molecule has 0 aliphatic heterocycles. The van der Waals surface area contributed by atoms with Crippen molar-refractivity contribution >= 4 is 17.6 Å². The minimum atomic E-state index is 0.131. The molecule has 8 heteroatoms. The smallest absolute Gasteiger partial charge is 0.284 e. The van der Waals surface area contributed by atoms with E-state index in [2.05, 4.69) is 56.3 Å². The summed E-state index contributed by atoms with van der Waals surface area (Å²) >= 11 is 1.62. The number of nitrogen functional groups attached to an aromatic ring is 1. The molecule has 0 bridgehead atoms. The zero-order chi connectivity index (χ0) is 13.9. The highest BCUT2D eigenvalue weighted by atomic mass is 32.2. The topological polar surface area (TPSA) is 104 Å². The van der Waals surface area contributed by atoms with Crippen LogP contribution >= 0.6 is 11.8 Å². The van der Waals surface area contributed by atoms with Gasteiger partial charge in [0.25, 0.3) is 5.89 Å². The van der Waals surface area contributed by atoms with Crippen LogP contribution in [-0.4, -0.2) is 20.5 Å². The molecule has 0 radical (unpaired) electrons. The molecule has 0 saturated heterocycles. The molecule has 102 valence electrons. The summed E-state index contributed by atoms with van der Waals surface area (Å²) in [4.78, 5) is 5.35. The lowest BCUT2D eigenvalue weighted by Gasteiger charge is -1.98. The SMILES string of the molecule is Cc1ccc(SCc2noc(-c3nonc3N)n2)cc1. The number of nitrogens with two attached hydrogens (primary N) is 1. The van der Waals surface area contributed by atoms with Gasteiger partial charge < -0.3 is 10.3 Å². The van der Waals surface area contributed by atoms with Crippen LogP contribution in [0.2, 0.25) is 0 Å². The number of benzene rings is 1. The molecular weight excluding hydrogens is 278 g/mol. The predicted octanol–water partition coefficient (Wildman–Crippen LogP) is 2.30. The Morgan fingerprint density at radius 3 is 2.65 bits per heavy atom. The molecular formula is C12H11N5O2S. The molecule has 0 fully saturated rings. The Bertz CT molecular complexity index is 707. The molecule has 0 atom stereocenters. The number of anilines is 1. The van der Waals surface area contributed by atoms with Crippen molar-refractivity contribution < 1.29 is 9.15 Å². The van der Waals surface area contributed by atoms with Crippen LogP contribution in [0.5, 0.6) is 0 Å². The lowest BCUT2D eigenvalue weighted by molar-refractivity contribution is 0.308. The summed E-state index contributed by atoms with van der Waals surface area (Å²) in [6.07, 6.45) is 0. The lowest BCUT2D eigenvalue weighted by Crippen LogP contribution is -1.89. The Morgan fingerprint density at radius 2 is 1.95 bits per heavy atom. The van der Waals surface area contributed by atoms with Gasteiger partial charge in [-0.15, -0.1) is 11.8 Å². The molecule has 3 rings (SSSR count). The van der Waals surface area contributed by atoms with Gasteiger partial charge in [-0.1, -0.05) is 22.9 Å². The van der Waals surface area contributed by atoms with Crippen LogP contribution in [-0.2, 0) is 5.75 Å². The summed E-state index contributed by atoms with van der Waals surface area (Å²) in [5.74, 6) is 1.50. The van der Waals surface area contributed by atoms with E-state index in [4.69, 9.17) is 10.3 Å². The number of hydrogen-bond donors (Lipinski definition) is 1. The number of aryl methyl sites for hydroxylation is 1. The van der Waals surface area contributed by atoms with E-state index in [0.717, 1.165) is 4.90 Å². The molecule has 0 saturated carbocycles. The normalized spacial score (nSPS) is 10.8. The van der Waals surface area contributed by atoms with Gasteiger partial charge in [0.2, 0.25) is 11.5 Å². The van der Waals surface area contributed by atoms with Crippen molar-refractivity contribution in [2.45, 2.75) is 17.6 Å². The molecule has 3 aromatic rings. The fourth-order valence-corrected chi connectivity index (χ4v) is 2.28. The van der Waals surface area contributed by atoms with E-state index in [0.29, 0.717) is 11.6 Å². The Labute approximate surface area is 118 Å². The summed E-state index contributed by atoms with van der Waals surface area (Å²) in [6.45, 7) is 2.05. The third-order valence-corrected chi connectivity index (χ3v) is 3.58. The monoisotopic (exact) mass is 289 g/mol. The summed E-state index contributed by atoms with van der Waals surface area (Å²) in [6, 6.07) is 8.23. The van der Waals surface area contributed by atoms with E-state index in [1.54, 1.807) is 11.8 Å². The quantitative estimate of drug-likeness (QED) is 0.729. The summed E-state index contributed by atoms with van der Waals surface area (Å²) in [5, 5.41) is 10.9. The zero-order valence-electron chi connectivity index (χ0n) is 10.6. The van der Waals surface area contributed by atoms with Crippen molar-refractivity contribution in [3.63, 3.8) is 0 Å². The van der Waals surface area contributed by atoms with Gasteiger partial charge in [0.05, 0.1) is 5.75 Å². The maximum Gasteiger partial charge on any atom is 0.284 e. The largest absolute Gasteiger partial charge is 0.379 e. The average Bonchev–Trinajstić information content (AvgIpc) is 3.06. The molecule has 0 amide bonds. The first kappa shape index (κ1) is 12.7. The zero-order valence-corrected chi connectivity index (χ0v) is 11.4. The van der Waals surface area contributed by atoms with Crippen molar-refractivity contribution in [1.29, 1.82) is 0 Å². The second-order valence-electron chi connectivity index (χ2n) is 4.12. The first-order valence-corrected chi connectivity index (χ1v) is 6.81. The second kappa shape index (κ2) is 5.33. The summed E-state index contributed by atoms with van der Waals surface area (Å²) in [5.41, 5.74) is 7.06. The van der Waals surface area contributed by atoms with Gasteiger partial charge in [-0.25, -0.2) is 4.63 Å². The molecule has 2 N–H and O–H groups in total. The molecule has 0 aliphatic carbocycles. The third kappa shape index (κ3) is 2.64. The van der Waals surface area contributed by atoms with Crippen LogP contribution in [0.1, 0.15) is 11.4 Å². The maximum atomic E-state index is 5.56. The van der Waals surface area contributed by atoms with Crippen molar-refractivity contribution in [1.82, 2.24) is 20.5 Å². The summed E-state index contributed by atoms with van der Waals surface area (Å²) < 4.78 is 9.57. The van der Waals surface area contributed by atoms with Gasteiger partial charge in [-0.2, -0.15) is 4.98 Å². The van der Waals surface area contributed by atoms with Crippen LogP contribution in [0.15, 0.2) is 38.3 Å². The van der Waals surface area contributed by atoms with E-state index in [9.17, 15) is 0 Å². The number of aromatic nitrogens is 4. The van der Waals surface area contributed by atoms with Crippen LogP contribution in [0.3, 0.4) is 0 Å². The van der Waals surface area contributed by atoms with E-state index < -0.39 is 0 Å². The lowest BCUT2D eigenvalue weighted by atomic mass is 10.2. The molecule has 0 aliphatic rings. The average molecular weight is 289 g/mol. The van der Waals surface area contributed by atoms with Crippen LogP contribution in [0, 0.1) is 6.92 Å². The van der Waals surface area contributed by atoms with Crippen molar-refractivity contribution in [2.75, 3.05) is 5.73 Å². The fraction of sp³-hybridized carbons (Fsp3) is 0.167. The Hall–Kier alpha value is -2.35. The number of thioether (sulfide) groups is 1. The van der Waals surface area contributed by atoms with E-state index in [-0.39, 0.29) is 17.4 Å². The molecule has 2 heterocycles. The molecule has 7 nitrogen and oxygen atoms in total. The second-order valence-corrected chi connectivity index (χ2v) is 5.16. The Kier molecular flexibility index (Phi) is 3.38. The first-order valence-electron chi connectivity index (χ1n) is 5.83. The maximum absolute atomic E-state index is 5.56. The van der Waals surface area contributed by atoms with Crippen molar-refractivity contribution in [2.24, 2.45) is 0 Å². The Morgan fingerprint density at radius 1 is 1.15 bits per heavy atom. The molecule has 20 heavy (non-hydrogen) atoms. The van der Waals surface area contributed by atoms with Crippen molar-refractivity contribution in [3.8, 4) is 11.6 Å². The predicted molar refractivity (Wildman–Crippen MR) is 72.7 cm³/mol. The Balaban J connectivity index is 1.69. The van der Waals surface area contributed by atoms with Crippen LogP contribution in [0.4, 0.5) is 5.82 Å². The minimum Gasteiger partial charge on any atom is -0.379 e. The molecule has 0 unspecified atom stereocenters. The van der Waals surface area contributed by atoms with E-state index in [1.807, 2.05) is 0 Å². The standard InChI is InChI=1S/C12H11N5O2S/c1-7-2-4-8(5-3-7)20-6-9-14-12(18-15-9)10-11(13)17-19-16-10/h2-5H,6H2,1H3,(H2,13,17). The van der Waals surface area contributed by atoms with Gasteiger partial charge in [0.1, 0.15) is 0 Å². The molecule has 0 spiro atoms. The van der Waals surface area contributed by atoms with Gasteiger partial charge in [-0.05, 0) is 29.4 Å². The number of hydrogen-bond acceptors (Lipinski definition) is 8. The van der Waals surface area contributed by atoms with Crippen LogP contribution in [0.25, 0.3) is 11.6 Å². The van der Waals surface area contributed by atoms with Gasteiger partial charge in [-0.3, -0.25) is 0 Å². The van der Waals surface area contributed by atoms with Gasteiger partial charge in [0.15, 0.2) is 5.82 Å². The number of nitrogens with zero attached hydrogens (tertiary/aromatic N) is 4. The van der Waals surface area contributed by atoms with E-state index in [1.165, 1.54) is 5.56 Å². The van der Waals surface area contributed by atoms with Gasteiger partial charge in [0, 0.05) is 4.90 Å². The van der Waals surface area contributed by atoms with E-state index >= 15 is 0 Å². The minimum absolute atomic E-state index is 0.131. The molecule has 1 aromatic carbocycles. The van der Waals surface area contributed by atoms with Gasteiger partial charge >= 0.3 is 0 Å². The highest BCUT2D eigenvalue weighted by Gasteiger charge is 2.16. The van der Waals surface area contributed by atoms with Crippen molar-refractivity contribution in [3.05, 3.63) is 35.7 Å². The molecule has 2 aromatic heterocycles. The fourth-order valence-electron chi connectivity index (χ4n) is 1.53. The highest BCUT2D eigenvalue weighted by molar-refractivity contribution is 7.98. The number of rotatable bonds is 4. The first-order chi connectivity index (χ1) is 9.72. The third-order valence-electron chi connectivity index (χ3n) is 2.57.